The Morgan fingerprint density at radius 2 is 1.50 bits per heavy atom. The summed E-state index contributed by atoms with van der Waals surface area (Å²) in [5.74, 6) is -0.418. The van der Waals surface area contributed by atoms with Gasteiger partial charge in [0.05, 0.1) is 27.4 Å². The molecule has 1 aliphatic carbocycles. The summed E-state index contributed by atoms with van der Waals surface area (Å²) < 4.78 is 18.7. The van der Waals surface area contributed by atoms with Crippen molar-refractivity contribution in [2.24, 2.45) is 5.41 Å². The van der Waals surface area contributed by atoms with Crippen LogP contribution in [0.25, 0.3) is 0 Å². The molecule has 36 heavy (non-hydrogen) atoms. The summed E-state index contributed by atoms with van der Waals surface area (Å²) >= 11 is 0. The van der Waals surface area contributed by atoms with E-state index in [9.17, 15) is 9.59 Å². The number of hydrogen-bond donors (Lipinski definition) is 0. The van der Waals surface area contributed by atoms with E-state index in [0.717, 1.165) is 22.6 Å². The maximum Gasteiger partial charge on any atom is 0.325 e. The number of methoxy groups -OCH3 is 3. The highest BCUT2D eigenvalue weighted by molar-refractivity contribution is 6.84. The number of carbonyl (C=O) groups is 2. The van der Waals surface area contributed by atoms with Crippen LogP contribution in [0.2, 0.25) is 18.1 Å². The molecule has 0 amide bonds. The van der Waals surface area contributed by atoms with E-state index in [1.165, 1.54) is 14.2 Å². The number of rotatable bonds is 5. The molecule has 1 aliphatic heterocycles. The third-order valence-corrected chi connectivity index (χ3v) is 14.7. The van der Waals surface area contributed by atoms with Gasteiger partial charge in [-0.2, -0.15) is 0 Å². The predicted octanol–water partition coefficient (Wildman–Crippen LogP) is 5.67. The fraction of sp³-hybridized carbons (Fsp3) is 0.517. The van der Waals surface area contributed by atoms with E-state index in [2.05, 4.69) is 63.6 Å². The van der Waals surface area contributed by atoms with Gasteiger partial charge in [0.25, 0.3) is 0 Å². The third-order valence-electron chi connectivity index (χ3n) is 9.34. The highest BCUT2D eigenvalue weighted by atomic mass is 28.3. The van der Waals surface area contributed by atoms with Crippen LogP contribution >= 0.6 is 0 Å². The van der Waals surface area contributed by atoms with E-state index < -0.39 is 37.0 Å². The highest BCUT2D eigenvalue weighted by Gasteiger charge is 2.75. The Balaban J connectivity index is 2.09. The van der Waals surface area contributed by atoms with Crippen LogP contribution in [0, 0.1) is 5.41 Å². The van der Waals surface area contributed by atoms with Gasteiger partial charge in [0, 0.05) is 11.1 Å². The lowest BCUT2D eigenvalue weighted by molar-refractivity contribution is -0.170. The summed E-state index contributed by atoms with van der Waals surface area (Å²) in [6.07, 6.45) is 0.305. The Bertz CT molecular complexity index is 1150. The first kappa shape index (κ1) is 26.3. The fourth-order valence-corrected chi connectivity index (χ4v) is 9.23. The molecule has 1 saturated carbocycles. The predicted molar refractivity (Wildman–Crippen MR) is 144 cm³/mol. The standard InChI is InChI=1S/C29H39NO5Si/c1-27(2,3)36(8,9)30-23-13-11-10-12-21(23)28(4)22(19-14-16-20(33-5)17-15-19)18-29(24(28)30,25(31)34-6)26(32)35-7/h10-17,22,24H,18H2,1-9H3/t22-,24+,28+/m1/s1. The number of hydrogen-bond acceptors (Lipinski definition) is 6. The largest absolute Gasteiger partial charge is 0.497 e. The molecule has 0 bridgehead atoms. The smallest absolute Gasteiger partial charge is 0.325 e. The molecule has 0 spiro atoms. The van der Waals surface area contributed by atoms with Crippen molar-refractivity contribution in [2.75, 3.05) is 25.9 Å². The number of ether oxygens (including phenoxy) is 3. The molecular weight excluding hydrogens is 470 g/mol. The zero-order valence-electron chi connectivity index (χ0n) is 23.0. The maximum absolute atomic E-state index is 13.8. The van der Waals surface area contributed by atoms with Gasteiger partial charge in [-0.15, -0.1) is 0 Å². The third kappa shape index (κ3) is 3.35. The zero-order chi connectivity index (χ0) is 26.7. The van der Waals surface area contributed by atoms with Crippen molar-refractivity contribution in [3.8, 4) is 5.75 Å². The second-order valence-corrected chi connectivity index (χ2v) is 17.0. The number of carbonyl (C=O) groups excluding carboxylic acids is 2. The Kier molecular flexibility index (Phi) is 6.31. The van der Waals surface area contributed by atoms with Crippen LogP contribution < -0.4 is 9.30 Å². The van der Waals surface area contributed by atoms with Gasteiger partial charge in [0.1, 0.15) is 5.75 Å². The van der Waals surface area contributed by atoms with Crippen molar-refractivity contribution in [3.05, 3.63) is 59.7 Å². The van der Waals surface area contributed by atoms with Crippen LogP contribution in [0.1, 0.15) is 51.2 Å². The van der Waals surface area contributed by atoms with Gasteiger partial charge in [0.15, 0.2) is 13.7 Å². The minimum Gasteiger partial charge on any atom is -0.497 e. The molecule has 2 aliphatic rings. The monoisotopic (exact) mass is 509 g/mol. The maximum atomic E-state index is 13.8. The molecule has 6 nitrogen and oxygen atoms in total. The highest BCUT2D eigenvalue weighted by Crippen LogP contribution is 2.68. The van der Waals surface area contributed by atoms with Gasteiger partial charge in [-0.3, -0.25) is 9.59 Å². The van der Waals surface area contributed by atoms with E-state index in [1.807, 2.05) is 30.3 Å². The molecule has 0 radical (unpaired) electrons. The molecular formula is C29H39NO5Si. The first-order valence-electron chi connectivity index (χ1n) is 12.5. The molecule has 0 unspecified atom stereocenters. The molecule has 194 valence electrons. The van der Waals surface area contributed by atoms with Crippen molar-refractivity contribution in [3.63, 3.8) is 0 Å². The normalized spacial score (nSPS) is 24.6. The lowest BCUT2D eigenvalue weighted by Gasteiger charge is -2.52. The van der Waals surface area contributed by atoms with E-state index in [-0.39, 0.29) is 11.0 Å². The van der Waals surface area contributed by atoms with Gasteiger partial charge in [-0.1, -0.05) is 71.1 Å². The van der Waals surface area contributed by atoms with E-state index >= 15 is 0 Å². The van der Waals surface area contributed by atoms with Gasteiger partial charge >= 0.3 is 11.9 Å². The SMILES string of the molecule is COC(=O)C1(C(=O)OC)C[C@H](c2ccc(OC)cc2)[C@]2(C)c3ccccc3N([Si](C)(C)C(C)(C)C)[C@H]12. The van der Waals surface area contributed by atoms with Gasteiger partial charge < -0.3 is 18.8 Å². The van der Waals surface area contributed by atoms with Crippen LogP contribution in [0.3, 0.4) is 0 Å². The van der Waals surface area contributed by atoms with Crippen molar-refractivity contribution in [1.82, 2.24) is 0 Å². The summed E-state index contributed by atoms with van der Waals surface area (Å²) in [5, 5.41) is -0.0401. The van der Waals surface area contributed by atoms with Crippen LogP contribution in [-0.4, -0.2) is 47.5 Å². The molecule has 0 N–H and O–H groups in total. The quantitative estimate of drug-likeness (QED) is 0.294. The lowest BCUT2D eigenvalue weighted by Crippen LogP contribution is -2.66. The molecule has 2 aromatic rings. The van der Waals surface area contributed by atoms with E-state index in [1.54, 1.807) is 7.11 Å². The first-order chi connectivity index (χ1) is 16.8. The number of anilines is 1. The first-order valence-corrected chi connectivity index (χ1v) is 15.5. The summed E-state index contributed by atoms with van der Waals surface area (Å²) in [5.41, 5.74) is 1.31. The van der Waals surface area contributed by atoms with Gasteiger partial charge in [0.2, 0.25) is 0 Å². The van der Waals surface area contributed by atoms with Gasteiger partial charge in [-0.05, 0) is 46.7 Å². The van der Waals surface area contributed by atoms with E-state index in [0.29, 0.717) is 6.42 Å². The Hall–Kier alpha value is -2.80. The fourth-order valence-electron chi connectivity index (χ4n) is 6.57. The molecule has 7 heteroatoms. The second kappa shape index (κ2) is 8.65. The van der Waals surface area contributed by atoms with Crippen LogP contribution in [-0.2, 0) is 24.5 Å². The molecule has 4 rings (SSSR count). The van der Waals surface area contributed by atoms with Crippen LogP contribution in [0.5, 0.6) is 5.75 Å². The number of benzene rings is 2. The van der Waals surface area contributed by atoms with Crippen LogP contribution in [0.15, 0.2) is 48.5 Å². The van der Waals surface area contributed by atoms with Crippen molar-refractivity contribution >= 4 is 25.9 Å². The Morgan fingerprint density at radius 3 is 2.00 bits per heavy atom. The molecule has 0 aromatic heterocycles. The van der Waals surface area contributed by atoms with E-state index in [4.69, 9.17) is 14.2 Å². The topological polar surface area (TPSA) is 65.1 Å². The number of para-hydroxylation sites is 1. The number of esters is 2. The van der Waals surface area contributed by atoms with Crippen molar-refractivity contribution in [2.45, 2.75) is 69.6 Å². The minimum absolute atomic E-state index is 0.0401. The van der Waals surface area contributed by atoms with Crippen molar-refractivity contribution < 1.29 is 23.8 Å². The number of fused-ring (bicyclic) bond motifs is 3. The average Bonchev–Trinajstić information content (AvgIpc) is 3.29. The van der Waals surface area contributed by atoms with Crippen LogP contribution in [0.4, 0.5) is 5.69 Å². The second-order valence-electron chi connectivity index (χ2n) is 11.9. The summed E-state index contributed by atoms with van der Waals surface area (Å²) in [6.45, 7) is 13.6. The van der Waals surface area contributed by atoms with Crippen molar-refractivity contribution in [1.29, 1.82) is 0 Å². The summed E-state index contributed by atoms with van der Waals surface area (Å²) in [7, 11) is 2.06. The minimum atomic E-state index is -2.31. The molecule has 2 aromatic carbocycles. The molecule has 1 fully saturated rings. The molecule has 0 saturated heterocycles. The Labute approximate surface area is 216 Å². The zero-order valence-corrected chi connectivity index (χ0v) is 24.0. The summed E-state index contributed by atoms with van der Waals surface area (Å²) in [4.78, 5) is 27.6. The number of nitrogens with zero attached hydrogens (tertiary/aromatic N) is 1. The Morgan fingerprint density at radius 1 is 0.944 bits per heavy atom. The average molecular weight is 510 g/mol. The molecule has 1 heterocycles. The summed E-state index contributed by atoms with van der Waals surface area (Å²) in [6, 6.07) is 15.9. The molecule has 3 atom stereocenters. The van der Waals surface area contributed by atoms with Gasteiger partial charge in [-0.25, -0.2) is 0 Å². The lowest BCUT2D eigenvalue weighted by atomic mass is 9.69.